The topological polar surface area (TPSA) is 71.3 Å². The van der Waals surface area contributed by atoms with E-state index in [2.05, 4.69) is 22.4 Å². The second-order valence-corrected chi connectivity index (χ2v) is 7.10. The molecular formula is C17H29ClN4O2. The lowest BCUT2D eigenvalue weighted by atomic mass is 9.83. The minimum Gasteiger partial charge on any atom is -0.343 e. The highest BCUT2D eigenvalue weighted by atomic mass is 35.5. The normalized spacial score (nSPS) is 21.3. The van der Waals surface area contributed by atoms with Gasteiger partial charge in [-0.05, 0) is 57.5 Å². The van der Waals surface area contributed by atoms with Gasteiger partial charge in [0, 0.05) is 25.4 Å². The summed E-state index contributed by atoms with van der Waals surface area (Å²) in [6.07, 6.45) is 4.94. The predicted octanol–water partition coefficient (Wildman–Crippen LogP) is 2.53. The van der Waals surface area contributed by atoms with E-state index in [1.807, 2.05) is 11.8 Å². The molecule has 2 saturated heterocycles. The molecule has 1 N–H and O–H groups in total. The lowest BCUT2D eigenvalue weighted by molar-refractivity contribution is -0.133. The van der Waals surface area contributed by atoms with E-state index in [0.717, 1.165) is 44.9 Å². The van der Waals surface area contributed by atoms with Crippen LogP contribution < -0.4 is 5.32 Å². The van der Waals surface area contributed by atoms with E-state index in [4.69, 9.17) is 4.52 Å². The van der Waals surface area contributed by atoms with Crippen molar-refractivity contribution in [2.75, 3.05) is 26.2 Å². The lowest BCUT2D eigenvalue weighted by Crippen LogP contribution is -2.40. The largest absolute Gasteiger partial charge is 0.343 e. The van der Waals surface area contributed by atoms with E-state index in [-0.39, 0.29) is 12.4 Å². The zero-order chi connectivity index (χ0) is 16.2. The van der Waals surface area contributed by atoms with Crippen LogP contribution in [0.4, 0.5) is 0 Å². The third kappa shape index (κ3) is 4.70. The first-order chi connectivity index (χ1) is 11.1. The van der Waals surface area contributed by atoms with E-state index in [0.29, 0.717) is 35.9 Å². The van der Waals surface area contributed by atoms with Crippen molar-refractivity contribution in [2.45, 2.75) is 51.9 Å². The molecular weight excluding hydrogens is 328 g/mol. The van der Waals surface area contributed by atoms with Gasteiger partial charge in [-0.25, -0.2) is 0 Å². The van der Waals surface area contributed by atoms with Crippen molar-refractivity contribution in [3.8, 4) is 0 Å². The summed E-state index contributed by atoms with van der Waals surface area (Å²) in [5.41, 5.74) is 0. The van der Waals surface area contributed by atoms with Gasteiger partial charge in [-0.1, -0.05) is 12.1 Å². The number of hydrogen-bond donors (Lipinski definition) is 1. The number of amides is 1. The molecule has 2 aliphatic rings. The molecule has 3 rings (SSSR count). The molecule has 136 valence electrons. The van der Waals surface area contributed by atoms with Gasteiger partial charge < -0.3 is 14.7 Å². The summed E-state index contributed by atoms with van der Waals surface area (Å²) in [5.74, 6) is 3.23. The van der Waals surface area contributed by atoms with Crippen LogP contribution in [0.5, 0.6) is 0 Å². The van der Waals surface area contributed by atoms with Crippen LogP contribution in [0.2, 0.25) is 0 Å². The van der Waals surface area contributed by atoms with Gasteiger partial charge in [-0.3, -0.25) is 4.79 Å². The molecule has 0 spiro atoms. The summed E-state index contributed by atoms with van der Waals surface area (Å²) >= 11 is 0. The van der Waals surface area contributed by atoms with Gasteiger partial charge in [0.1, 0.15) is 0 Å². The van der Waals surface area contributed by atoms with E-state index in [1.54, 1.807) is 0 Å². The maximum atomic E-state index is 12.6. The smallest absolute Gasteiger partial charge is 0.229 e. The molecule has 6 nitrogen and oxygen atoms in total. The molecule has 1 unspecified atom stereocenters. The first-order valence-electron chi connectivity index (χ1n) is 8.92. The van der Waals surface area contributed by atoms with Gasteiger partial charge in [-0.2, -0.15) is 4.98 Å². The number of nitrogens with zero attached hydrogens (tertiary/aromatic N) is 3. The number of likely N-dealkylation sites (tertiary alicyclic amines) is 1. The van der Waals surface area contributed by atoms with Crippen LogP contribution in [0.15, 0.2) is 4.52 Å². The number of piperidine rings is 2. The van der Waals surface area contributed by atoms with Crippen molar-refractivity contribution in [3.63, 3.8) is 0 Å². The summed E-state index contributed by atoms with van der Waals surface area (Å²) in [4.78, 5) is 18.9. The Hall–Kier alpha value is -1.14. The van der Waals surface area contributed by atoms with Crippen molar-refractivity contribution in [1.82, 2.24) is 20.4 Å². The first kappa shape index (κ1) is 19.2. The molecule has 2 aliphatic heterocycles. The van der Waals surface area contributed by atoms with Gasteiger partial charge in [0.05, 0.1) is 0 Å². The Labute approximate surface area is 150 Å². The number of rotatable bonds is 4. The molecule has 1 amide bonds. The quantitative estimate of drug-likeness (QED) is 0.897. The molecule has 3 heterocycles. The first-order valence-corrected chi connectivity index (χ1v) is 8.92. The Morgan fingerprint density at radius 2 is 1.96 bits per heavy atom. The van der Waals surface area contributed by atoms with Crippen molar-refractivity contribution >= 4 is 18.3 Å². The van der Waals surface area contributed by atoms with Crippen molar-refractivity contribution in [2.24, 2.45) is 11.8 Å². The van der Waals surface area contributed by atoms with E-state index in [9.17, 15) is 4.79 Å². The van der Waals surface area contributed by atoms with Crippen LogP contribution in [0.25, 0.3) is 0 Å². The number of carbonyl (C=O) groups excluding carboxylic acids is 1. The molecule has 24 heavy (non-hydrogen) atoms. The summed E-state index contributed by atoms with van der Waals surface area (Å²) in [7, 11) is 0. The third-order valence-corrected chi connectivity index (χ3v) is 5.43. The van der Waals surface area contributed by atoms with Crippen molar-refractivity contribution in [3.05, 3.63) is 11.7 Å². The summed E-state index contributed by atoms with van der Waals surface area (Å²) in [6, 6.07) is 0. The molecule has 7 heteroatoms. The van der Waals surface area contributed by atoms with Gasteiger partial charge in [-0.15, -0.1) is 12.4 Å². The van der Waals surface area contributed by atoms with Crippen LogP contribution in [-0.4, -0.2) is 47.1 Å². The zero-order valence-electron chi connectivity index (χ0n) is 14.7. The van der Waals surface area contributed by atoms with Crippen LogP contribution >= 0.6 is 12.4 Å². The Morgan fingerprint density at radius 3 is 2.54 bits per heavy atom. The van der Waals surface area contributed by atoms with E-state index in [1.165, 1.54) is 12.8 Å². The molecule has 0 bridgehead atoms. The maximum Gasteiger partial charge on any atom is 0.229 e. The minimum atomic E-state index is 0. The van der Waals surface area contributed by atoms with Crippen LogP contribution in [0.3, 0.4) is 0 Å². The number of nitrogens with one attached hydrogen (secondary N) is 1. The number of hydrogen-bond acceptors (Lipinski definition) is 5. The SMILES string of the molecule is Cc1noc(C2CCN(C(=O)CC(C)C3CCNCC3)CC2)n1.Cl. The summed E-state index contributed by atoms with van der Waals surface area (Å²) < 4.78 is 5.27. The number of halogens is 1. The van der Waals surface area contributed by atoms with Gasteiger partial charge in [0.2, 0.25) is 11.8 Å². The Bertz CT molecular complexity index is 522. The van der Waals surface area contributed by atoms with Crippen LogP contribution in [-0.2, 0) is 4.79 Å². The minimum absolute atomic E-state index is 0. The Balaban J connectivity index is 0.00000208. The highest BCUT2D eigenvalue weighted by Crippen LogP contribution is 2.29. The summed E-state index contributed by atoms with van der Waals surface area (Å²) in [5, 5.41) is 7.26. The highest BCUT2D eigenvalue weighted by Gasteiger charge is 2.29. The van der Waals surface area contributed by atoms with E-state index >= 15 is 0 Å². The molecule has 2 fully saturated rings. The van der Waals surface area contributed by atoms with Gasteiger partial charge >= 0.3 is 0 Å². The molecule has 1 aromatic heterocycles. The second kappa shape index (κ2) is 8.81. The highest BCUT2D eigenvalue weighted by molar-refractivity contribution is 5.85. The maximum absolute atomic E-state index is 12.6. The predicted molar refractivity (Wildman–Crippen MR) is 94.2 cm³/mol. The molecule has 0 aromatic carbocycles. The molecule has 0 saturated carbocycles. The molecule has 0 aliphatic carbocycles. The van der Waals surface area contributed by atoms with Gasteiger partial charge in [0.25, 0.3) is 0 Å². The molecule has 0 radical (unpaired) electrons. The molecule has 1 atom stereocenters. The fourth-order valence-corrected chi connectivity index (χ4v) is 3.84. The lowest BCUT2D eigenvalue weighted by Gasteiger charge is -2.33. The third-order valence-electron chi connectivity index (χ3n) is 5.43. The van der Waals surface area contributed by atoms with Crippen molar-refractivity contribution in [1.29, 1.82) is 0 Å². The Kier molecular flexibility index (Phi) is 7.04. The van der Waals surface area contributed by atoms with Crippen molar-refractivity contribution < 1.29 is 9.32 Å². The molecule has 1 aromatic rings. The standard InChI is InChI=1S/C17H28N4O2.ClH/c1-12(14-3-7-18-8-4-14)11-16(22)21-9-5-15(6-10-21)17-19-13(2)20-23-17;/h12,14-15,18H,3-11H2,1-2H3;1H. The second-order valence-electron chi connectivity index (χ2n) is 7.10. The monoisotopic (exact) mass is 356 g/mol. The Morgan fingerprint density at radius 1 is 1.29 bits per heavy atom. The number of aromatic nitrogens is 2. The van der Waals surface area contributed by atoms with Crippen LogP contribution in [0.1, 0.15) is 56.7 Å². The zero-order valence-corrected chi connectivity index (χ0v) is 15.5. The fraction of sp³-hybridized carbons (Fsp3) is 0.824. The number of carbonyl (C=O) groups is 1. The van der Waals surface area contributed by atoms with Gasteiger partial charge in [0.15, 0.2) is 5.82 Å². The number of aryl methyl sites for hydroxylation is 1. The average molecular weight is 357 g/mol. The summed E-state index contributed by atoms with van der Waals surface area (Å²) in [6.45, 7) is 7.89. The van der Waals surface area contributed by atoms with Crippen LogP contribution in [0, 0.1) is 18.8 Å². The average Bonchev–Trinajstić information content (AvgIpc) is 3.02. The fourth-order valence-electron chi connectivity index (χ4n) is 3.84. The van der Waals surface area contributed by atoms with E-state index < -0.39 is 0 Å².